The first-order chi connectivity index (χ1) is 13.1. The Labute approximate surface area is 160 Å². The lowest BCUT2D eigenvalue weighted by Crippen LogP contribution is -2.56. The summed E-state index contributed by atoms with van der Waals surface area (Å²) in [5, 5.41) is 3.15. The van der Waals surface area contributed by atoms with Crippen molar-refractivity contribution in [3.8, 4) is 0 Å². The highest BCUT2D eigenvalue weighted by molar-refractivity contribution is 5.94. The maximum atomic E-state index is 13.4. The van der Waals surface area contributed by atoms with Crippen LogP contribution < -0.4 is 5.32 Å². The topological polar surface area (TPSA) is 32.3 Å². The molecule has 4 heteroatoms. The van der Waals surface area contributed by atoms with Gasteiger partial charge in [-0.2, -0.15) is 0 Å². The second kappa shape index (κ2) is 7.81. The van der Waals surface area contributed by atoms with Crippen molar-refractivity contribution < 1.29 is 9.18 Å². The molecule has 0 radical (unpaired) electrons. The van der Waals surface area contributed by atoms with Gasteiger partial charge in [-0.05, 0) is 56.4 Å². The predicted octanol–water partition coefficient (Wildman–Crippen LogP) is 4.45. The van der Waals surface area contributed by atoms with Gasteiger partial charge in [0.15, 0.2) is 0 Å². The molecule has 2 aromatic carbocycles. The van der Waals surface area contributed by atoms with Crippen LogP contribution in [0, 0.1) is 12.7 Å². The minimum atomic E-state index is -0.368. The Morgan fingerprint density at radius 1 is 1.11 bits per heavy atom. The van der Waals surface area contributed by atoms with Gasteiger partial charge in [0.2, 0.25) is 0 Å². The zero-order valence-electron chi connectivity index (χ0n) is 15.8. The van der Waals surface area contributed by atoms with Crippen LogP contribution in [0.4, 0.5) is 4.39 Å². The number of nitrogens with zero attached hydrogens (tertiary/aromatic N) is 1. The molecule has 2 fully saturated rings. The normalized spacial score (nSPS) is 25.2. The summed E-state index contributed by atoms with van der Waals surface area (Å²) in [6.45, 7) is 3.10. The average Bonchev–Trinajstić information content (AvgIpc) is 2.64. The SMILES string of the molecule is Cc1ccc(CN2[C@@H]3CCC[C@H]2CC(NC(=O)c2cccc(F)c2)C3)cc1. The van der Waals surface area contributed by atoms with Crippen LogP contribution in [0.1, 0.15) is 53.6 Å². The Bertz CT molecular complexity index is 790. The second-order valence-electron chi connectivity index (χ2n) is 8.05. The molecule has 0 saturated carbocycles. The van der Waals surface area contributed by atoms with E-state index >= 15 is 0 Å². The molecular formula is C23H27FN2O. The van der Waals surface area contributed by atoms with Crippen molar-refractivity contribution in [1.29, 1.82) is 0 Å². The van der Waals surface area contributed by atoms with E-state index in [1.807, 2.05) is 0 Å². The van der Waals surface area contributed by atoms with Crippen LogP contribution in [-0.4, -0.2) is 28.9 Å². The molecule has 2 aromatic rings. The van der Waals surface area contributed by atoms with Gasteiger partial charge in [-0.25, -0.2) is 4.39 Å². The zero-order chi connectivity index (χ0) is 18.8. The third-order valence-corrected chi connectivity index (χ3v) is 6.03. The molecule has 27 heavy (non-hydrogen) atoms. The van der Waals surface area contributed by atoms with E-state index < -0.39 is 0 Å². The van der Waals surface area contributed by atoms with Gasteiger partial charge in [-0.3, -0.25) is 9.69 Å². The van der Waals surface area contributed by atoms with Crippen molar-refractivity contribution in [2.75, 3.05) is 0 Å². The quantitative estimate of drug-likeness (QED) is 0.867. The summed E-state index contributed by atoms with van der Waals surface area (Å²) < 4.78 is 13.4. The number of carbonyl (C=O) groups excluding carboxylic acids is 1. The Hall–Kier alpha value is -2.20. The van der Waals surface area contributed by atoms with Gasteiger partial charge in [-0.15, -0.1) is 0 Å². The Morgan fingerprint density at radius 3 is 2.48 bits per heavy atom. The number of piperidine rings is 2. The van der Waals surface area contributed by atoms with Crippen molar-refractivity contribution in [1.82, 2.24) is 10.2 Å². The van der Waals surface area contributed by atoms with Crippen LogP contribution in [0.2, 0.25) is 0 Å². The molecule has 1 amide bonds. The van der Waals surface area contributed by atoms with E-state index in [-0.39, 0.29) is 17.8 Å². The van der Waals surface area contributed by atoms with Crippen molar-refractivity contribution in [2.45, 2.75) is 63.7 Å². The first-order valence-corrected chi connectivity index (χ1v) is 9.96. The Kier molecular flexibility index (Phi) is 5.26. The van der Waals surface area contributed by atoms with Crippen LogP contribution in [-0.2, 0) is 6.54 Å². The van der Waals surface area contributed by atoms with Gasteiger partial charge >= 0.3 is 0 Å². The summed E-state index contributed by atoms with van der Waals surface area (Å²) in [6, 6.07) is 15.9. The summed E-state index contributed by atoms with van der Waals surface area (Å²) >= 11 is 0. The van der Waals surface area contributed by atoms with E-state index in [9.17, 15) is 9.18 Å². The van der Waals surface area contributed by atoms with Crippen molar-refractivity contribution in [3.05, 3.63) is 71.0 Å². The molecule has 2 bridgehead atoms. The number of hydrogen-bond donors (Lipinski definition) is 1. The standard InChI is InChI=1S/C23H27FN2O/c1-16-8-10-17(11-9-16)15-26-21-6-3-7-22(26)14-20(13-21)25-23(27)18-4-2-5-19(24)12-18/h2,4-5,8-12,20-22H,3,6-7,13-15H2,1H3,(H,25,27)/t20?,21-,22+. The minimum Gasteiger partial charge on any atom is -0.349 e. The molecule has 1 unspecified atom stereocenters. The van der Waals surface area contributed by atoms with Crippen LogP contribution in [0.3, 0.4) is 0 Å². The molecule has 2 aliphatic rings. The van der Waals surface area contributed by atoms with E-state index in [1.54, 1.807) is 12.1 Å². The van der Waals surface area contributed by atoms with Crippen LogP contribution >= 0.6 is 0 Å². The monoisotopic (exact) mass is 366 g/mol. The summed E-state index contributed by atoms with van der Waals surface area (Å²) in [6.07, 6.45) is 5.60. The fraction of sp³-hybridized carbons (Fsp3) is 0.435. The molecule has 3 atom stereocenters. The molecule has 0 aliphatic carbocycles. The number of hydrogen-bond acceptors (Lipinski definition) is 2. The fourth-order valence-electron chi connectivity index (χ4n) is 4.66. The third-order valence-electron chi connectivity index (χ3n) is 6.03. The summed E-state index contributed by atoms with van der Waals surface area (Å²) in [5.41, 5.74) is 3.06. The maximum Gasteiger partial charge on any atom is 0.251 e. The zero-order valence-corrected chi connectivity index (χ0v) is 15.8. The second-order valence-corrected chi connectivity index (χ2v) is 8.05. The highest BCUT2D eigenvalue weighted by atomic mass is 19.1. The average molecular weight is 366 g/mol. The largest absolute Gasteiger partial charge is 0.349 e. The number of benzene rings is 2. The molecule has 1 N–H and O–H groups in total. The van der Waals surface area contributed by atoms with Gasteiger partial charge in [0.1, 0.15) is 5.82 Å². The molecule has 0 spiro atoms. The number of halogens is 1. The lowest BCUT2D eigenvalue weighted by atomic mass is 9.81. The molecule has 2 aliphatic heterocycles. The highest BCUT2D eigenvalue weighted by Crippen LogP contribution is 2.35. The van der Waals surface area contributed by atoms with E-state index in [0.717, 1.165) is 19.4 Å². The number of aryl methyl sites for hydroxylation is 1. The van der Waals surface area contributed by atoms with Gasteiger partial charge in [0, 0.05) is 30.2 Å². The maximum absolute atomic E-state index is 13.4. The molecule has 3 nitrogen and oxygen atoms in total. The van der Waals surface area contributed by atoms with E-state index in [1.165, 1.54) is 42.5 Å². The number of nitrogens with one attached hydrogen (secondary N) is 1. The van der Waals surface area contributed by atoms with Crippen molar-refractivity contribution in [2.24, 2.45) is 0 Å². The summed E-state index contributed by atoms with van der Waals surface area (Å²) in [5.74, 6) is -0.531. The number of amides is 1. The Balaban J connectivity index is 1.41. The third kappa shape index (κ3) is 4.22. The van der Waals surface area contributed by atoms with Crippen LogP contribution in [0.25, 0.3) is 0 Å². The minimum absolute atomic E-state index is 0.162. The number of fused-ring (bicyclic) bond motifs is 2. The van der Waals surface area contributed by atoms with Gasteiger partial charge < -0.3 is 5.32 Å². The predicted molar refractivity (Wildman–Crippen MR) is 105 cm³/mol. The fourth-order valence-corrected chi connectivity index (χ4v) is 4.66. The Morgan fingerprint density at radius 2 is 1.81 bits per heavy atom. The van der Waals surface area contributed by atoms with Gasteiger partial charge in [0.05, 0.1) is 0 Å². The van der Waals surface area contributed by atoms with E-state index in [4.69, 9.17) is 0 Å². The molecular weight excluding hydrogens is 339 g/mol. The first kappa shape index (κ1) is 18.2. The first-order valence-electron chi connectivity index (χ1n) is 9.96. The highest BCUT2D eigenvalue weighted by Gasteiger charge is 2.38. The van der Waals surface area contributed by atoms with Gasteiger partial charge in [0.25, 0.3) is 5.91 Å². The summed E-state index contributed by atoms with van der Waals surface area (Å²) in [4.78, 5) is 15.1. The van der Waals surface area contributed by atoms with Crippen molar-refractivity contribution >= 4 is 5.91 Å². The van der Waals surface area contributed by atoms with Crippen molar-refractivity contribution in [3.63, 3.8) is 0 Å². The number of rotatable bonds is 4. The lowest BCUT2D eigenvalue weighted by molar-refractivity contribution is 0.0177. The van der Waals surface area contributed by atoms with Gasteiger partial charge in [-0.1, -0.05) is 42.3 Å². The van der Waals surface area contributed by atoms with E-state index in [0.29, 0.717) is 17.6 Å². The molecule has 142 valence electrons. The smallest absolute Gasteiger partial charge is 0.251 e. The summed E-state index contributed by atoms with van der Waals surface area (Å²) in [7, 11) is 0. The molecule has 0 aromatic heterocycles. The van der Waals surface area contributed by atoms with Crippen LogP contribution in [0.5, 0.6) is 0 Å². The van der Waals surface area contributed by atoms with Crippen LogP contribution in [0.15, 0.2) is 48.5 Å². The molecule has 2 heterocycles. The molecule has 4 rings (SSSR count). The molecule has 2 saturated heterocycles. The lowest BCUT2D eigenvalue weighted by Gasteiger charge is -2.49. The number of carbonyl (C=O) groups is 1. The van der Waals surface area contributed by atoms with E-state index in [2.05, 4.69) is 41.4 Å².